The first kappa shape index (κ1) is 37.7. The summed E-state index contributed by atoms with van der Waals surface area (Å²) in [6.07, 6.45) is 0. The van der Waals surface area contributed by atoms with Gasteiger partial charge in [-0.3, -0.25) is 0 Å². The molecule has 0 spiro atoms. The quantitative estimate of drug-likeness (QED) is 0.167. The second-order valence-electron chi connectivity index (χ2n) is 19.6. The maximum Gasteiger partial charge on any atom is 0.0465 e. The molecule has 2 aliphatic rings. The molecule has 0 aromatic heterocycles. The summed E-state index contributed by atoms with van der Waals surface area (Å²) in [7, 11) is 0. The molecule has 0 heterocycles. The van der Waals surface area contributed by atoms with E-state index in [1.54, 1.807) is 0 Å². The number of fused-ring (bicyclic) bond motifs is 6. The highest BCUT2D eigenvalue weighted by molar-refractivity contribution is 5.92. The van der Waals surface area contributed by atoms with Gasteiger partial charge in [-0.25, -0.2) is 0 Å². The molecule has 0 atom stereocenters. The highest BCUT2D eigenvalue weighted by Crippen LogP contribution is 2.57. The summed E-state index contributed by atoms with van der Waals surface area (Å²) < 4.78 is 0. The van der Waals surface area contributed by atoms with Crippen molar-refractivity contribution in [3.8, 4) is 22.3 Å². The van der Waals surface area contributed by atoms with E-state index in [-0.39, 0.29) is 21.7 Å². The molecule has 290 valence electrons. The second kappa shape index (κ2) is 13.3. The van der Waals surface area contributed by atoms with E-state index in [0.717, 1.165) is 22.7 Å². The van der Waals surface area contributed by atoms with Crippen molar-refractivity contribution in [3.05, 3.63) is 191 Å². The lowest BCUT2D eigenvalue weighted by molar-refractivity contribution is 0.590. The lowest BCUT2D eigenvalue weighted by Gasteiger charge is -2.29. The van der Waals surface area contributed by atoms with Crippen LogP contribution in [0.15, 0.2) is 158 Å². The van der Waals surface area contributed by atoms with Crippen LogP contribution in [0.2, 0.25) is 0 Å². The van der Waals surface area contributed by atoms with Gasteiger partial charge in [-0.2, -0.15) is 0 Å². The van der Waals surface area contributed by atoms with Crippen molar-refractivity contribution in [1.82, 2.24) is 0 Å². The van der Waals surface area contributed by atoms with Crippen LogP contribution in [-0.2, 0) is 21.7 Å². The van der Waals surface area contributed by atoms with Crippen molar-refractivity contribution in [1.29, 1.82) is 0 Å². The molecule has 58 heavy (non-hydrogen) atoms. The van der Waals surface area contributed by atoms with Crippen molar-refractivity contribution >= 4 is 34.1 Å². The van der Waals surface area contributed by atoms with Gasteiger partial charge in [0.1, 0.15) is 0 Å². The van der Waals surface area contributed by atoms with Crippen molar-refractivity contribution in [2.75, 3.05) is 9.80 Å². The third-order valence-corrected chi connectivity index (χ3v) is 13.0. The zero-order valence-corrected chi connectivity index (χ0v) is 35.9. The summed E-state index contributed by atoms with van der Waals surface area (Å²) in [5.74, 6) is 0. The third-order valence-electron chi connectivity index (χ3n) is 13.0. The smallest absolute Gasteiger partial charge is 0.0465 e. The van der Waals surface area contributed by atoms with Crippen LogP contribution < -0.4 is 9.80 Å². The molecule has 2 aliphatic carbocycles. The van der Waals surface area contributed by atoms with E-state index >= 15 is 0 Å². The number of hydrogen-bond donors (Lipinski definition) is 0. The highest BCUT2D eigenvalue weighted by Gasteiger charge is 2.42. The van der Waals surface area contributed by atoms with Crippen molar-refractivity contribution < 1.29 is 0 Å². The van der Waals surface area contributed by atoms with E-state index < -0.39 is 0 Å². The minimum Gasteiger partial charge on any atom is -0.310 e. The number of anilines is 6. The topological polar surface area (TPSA) is 6.48 Å². The van der Waals surface area contributed by atoms with E-state index in [1.165, 1.54) is 67.0 Å². The lowest BCUT2D eigenvalue weighted by Crippen LogP contribution is -2.18. The molecular weight excluding hydrogens is 701 g/mol. The Morgan fingerprint density at radius 2 is 0.603 bits per heavy atom. The summed E-state index contributed by atoms with van der Waals surface area (Å²) in [6.45, 7) is 23.3. The molecule has 0 aliphatic heterocycles. The molecule has 7 aromatic rings. The average molecular weight is 757 g/mol. The van der Waals surface area contributed by atoms with Crippen LogP contribution in [0.4, 0.5) is 34.1 Å². The van der Waals surface area contributed by atoms with E-state index in [9.17, 15) is 0 Å². The number of nitrogens with zero attached hydrogens (tertiary/aromatic N) is 2. The van der Waals surface area contributed by atoms with E-state index in [4.69, 9.17) is 0 Å². The molecule has 0 bridgehead atoms. The van der Waals surface area contributed by atoms with E-state index in [2.05, 4.69) is 237 Å². The monoisotopic (exact) mass is 756 g/mol. The Hall–Kier alpha value is -5.86. The Morgan fingerprint density at radius 3 is 0.931 bits per heavy atom. The lowest BCUT2D eigenvalue weighted by atomic mass is 9.79. The van der Waals surface area contributed by atoms with E-state index in [1.807, 2.05) is 0 Å². The van der Waals surface area contributed by atoms with Crippen LogP contribution in [0.3, 0.4) is 0 Å². The summed E-state index contributed by atoms with van der Waals surface area (Å²) in [5.41, 5.74) is 20.4. The van der Waals surface area contributed by atoms with Gasteiger partial charge in [-0.1, -0.05) is 142 Å². The first-order valence-electron chi connectivity index (χ1n) is 20.9. The van der Waals surface area contributed by atoms with Gasteiger partial charge in [0.2, 0.25) is 0 Å². The highest BCUT2D eigenvalue weighted by atomic mass is 15.1. The van der Waals surface area contributed by atoms with Gasteiger partial charge in [0.05, 0.1) is 0 Å². The summed E-state index contributed by atoms with van der Waals surface area (Å²) in [6, 6.07) is 59.1. The minimum atomic E-state index is -0.176. The predicted octanol–water partition coefficient (Wildman–Crippen LogP) is 15.8. The molecule has 0 amide bonds. The molecule has 0 fully saturated rings. The average Bonchev–Trinajstić information content (AvgIpc) is 3.56. The van der Waals surface area contributed by atoms with Crippen LogP contribution in [-0.4, -0.2) is 0 Å². The number of rotatable bonds is 6. The fraction of sp³-hybridized carbons (Fsp3) is 0.250. The minimum absolute atomic E-state index is 0.0958. The van der Waals surface area contributed by atoms with Gasteiger partial charge in [-0.05, 0) is 151 Å². The van der Waals surface area contributed by atoms with Crippen molar-refractivity contribution in [2.24, 2.45) is 0 Å². The summed E-state index contributed by atoms with van der Waals surface area (Å²) in [5, 5.41) is 0. The van der Waals surface area contributed by atoms with Gasteiger partial charge in [-0.15, -0.1) is 0 Å². The molecule has 0 saturated carbocycles. The van der Waals surface area contributed by atoms with Gasteiger partial charge >= 0.3 is 0 Å². The van der Waals surface area contributed by atoms with Crippen LogP contribution in [0.1, 0.15) is 103 Å². The fourth-order valence-corrected chi connectivity index (χ4v) is 9.49. The number of benzene rings is 7. The van der Waals surface area contributed by atoms with Crippen LogP contribution >= 0.6 is 0 Å². The molecule has 7 aromatic carbocycles. The zero-order chi connectivity index (χ0) is 40.8. The first-order valence-corrected chi connectivity index (χ1v) is 20.9. The normalized spacial score (nSPS) is 14.7. The number of para-hydroxylation sites is 2. The molecule has 0 unspecified atom stereocenters. The third kappa shape index (κ3) is 6.16. The Morgan fingerprint density at radius 1 is 0.310 bits per heavy atom. The van der Waals surface area contributed by atoms with Crippen LogP contribution in [0.25, 0.3) is 22.3 Å². The molecule has 9 rings (SSSR count). The number of hydrogen-bond acceptors (Lipinski definition) is 2. The van der Waals surface area contributed by atoms with Gasteiger partial charge < -0.3 is 9.80 Å². The summed E-state index contributed by atoms with van der Waals surface area (Å²) >= 11 is 0. The molecule has 2 heteroatoms. The molecule has 0 saturated heterocycles. The molecule has 2 nitrogen and oxygen atoms in total. The van der Waals surface area contributed by atoms with Gasteiger partial charge in [0.15, 0.2) is 0 Å². The molecular formula is C56H56N2. The Balaban J connectivity index is 1.12. The Labute approximate surface area is 346 Å². The SMILES string of the molecule is CC(C)(C)c1ccc(N(c2ccccc2)c2ccc3c(c2)C(C)(C)c2cc4c(cc2-3)C(C)(C)c2cc(N(c3ccccc3)c3ccc(C(C)(C)C)cc3)ccc2-4)cc1. The molecule has 0 N–H and O–H groups in total. The second-order valence-corrected chi connectivity index (χ2v) is 19.6. The maximum absolute atomic E-state index is 2.53. The van der Waals surface area contributed by atoms with Crippen molar-refractivity contribution in [3.63, 3.8) is 0 Å². The maximum atomic E-state index is 2.53. The fourth-order valence-electron chi connectivity index (χ4n) is 9.49. The summed E-state index contributed by atoms with van der Waals surface area (Å²) in [4.78, 5) is 4.81. The first-order chi connectivity index (χ1) is 27.5. The van der Waals surface area contributed by atoms with Gasteiger partial charge in [0.25, 0.3) is 0 Å². The Kier molecular flexibility index (Phi) is 8.68. The molecule has 0 radical (unpaired) electrons. The zero-order valence-electron chi connectivity index (χ0n) is 35.9. The van der Waals surface area contributed by atoms with Crippen molar-refractivity contribution in [2.45, 2.75) is 90.9 Å². The van der Waals surface area contributed by atoms with Gasteiger partial charge in [0, 0.05) is 45.0 Å². The largest absolute Gasteiger partial charge is 0.310 e. The Bertz CT molecular complexity index is 2460. The van der Waals surface area contributed by atoms with Crippen LogP contribution in [0, 0.1) is 0 Å². The predicted molar refractivity (Wildman–Crippen MR) is 248 cm³/mol. The van der Waals surface area contributed by atoms with E-state index in [0.29, 0.717) is 0 Å². The van der Waals surface area contributed by atoms with Crippen LogP contribution in [0.5, 0.6) is 0 Å². The standard InChI is InChI=1S/C56H56N2/c1-53(2,3)37-21-25-41(26-22-37)57(39-17-13-11-14-18-39)43-29-31-45-47-35-52-48(36-51(47)55(7,8)49(45)33-43)46-32-30-44(34-50(46)56(52,9)10)58(40-19-15-12-16-20-40)42-27-23-38(24-28-42)54(4,5)6/h11-36H,1-10H3.